The van der Waals surface area contributed by atoms with Crippen molar-refractivity contribution in [2.45, 2.75) is 45.6 Å². The van der Waals surface area contributed by atoms with Crippen LogP contribution in [0.5, 0.6) is 0 Å². The zero-order valence-electron chi connectivity index (χ0n) is 10.2. The number of benzene rings is 1. The number of nitrogens with one attached hydrogen (secondary N) is 1. The molecule has 0 spiro atoms. The number of hydrogen-bond donors (Lipinski definition) is 1. The van der Waals surface area contributed by atoms with Gasteiger partial charge in [-0.05, 0) is 25.0 Å². The van der Waals surface area contributed by atoms with E-state index in [-0.39, 0.29) is 11.7 Å². The third-order valence-corrected chi connectivity index (χ3v) is 2.79. The van der Waals surface area contributed by atoms with Gasteiger partial charge in [0.2, 0.25) is 0 Å². The monoisotopic (exact) mass is 245 g/mol. The van der Waals surface area contributed by atoms with Crippen LogP contribution in [0.25, 0.3) is 0 Å². The zero-order chi connectivity index (χ0) is 12.8. The van der Waals surface area contributed by atoms with Crippen LogP contribution in [0.1, 0.15) is 39.5 Å². The predicted molar refractivity (Wildman–Crippen MR) is 63.5 cm³/mol. The Balaban J connectivity index is 2.76. The van der Waals surface area contributed by atoms with Crippen molar-refractivity contribution in [2.24, 2.45) is 0 Å². The fourth-order valence-corrected chi connectivity index (χ4v) is 1.69. The molecule has 0 amide bonds. The van der Waals surface area contributed by atoms with Crippen molar-refractivity contribution in [3.05, 3.63) is 29.6 Å². The lowest BCUT2D eigenvalue weighted by Gasteiger charge is -2.18. The Kier molecular flexibility index (Phi) is 5.32. The molecule has 1 unspecified atom stereocenters. The van der Waals surface area contributed by atoms with Gasteiger partial charge in [-0.1, -0.05) is 26.7 Å². The van der Waals surface area contributed by atoms with Gasteiger partial charge in [0.05, 0.1) is 5.69 Å². The first-order valence-electron chi connectivity index (χ1n) is 6.00. The van der Waals surface area contributed by atoms with Gasteiger partial charge < -0.3 is 5.32 Å². The summed E-state index contributed by atoms with van der Waals surface area (Å²) in [7, 11) is 0. The lowest BCUT2D eigenvalue weighted by atomic mass is 10.1. The van der Waals surface area contributed by atoms with E-state index in [2.05, 4.69) is 12.2 Å². The summed E-state index contributed by atoms with van der Waals surface area (Å²) in [5.74, 6) is -3.71. The fraction of sp³-hybridized carbons (Fsp3) is 0.538. The molecule has 17 heavy (non-hydrogen) atoms. The summed E-state index contributed by atoms with van der Waals surface area (Å²) >= 11 is 0. The molecule has 4 heteroatoms. The maximum absolute atomic E-state index is 13.4. The lowest BCUT2D eigenvalue weighted by Crippen LogP contribution is -2.19. The van der Waals surface area contributed by atoms with Crippen molar-refractivity contribution < 1.29 is 13.2 Å². The van der Waals surface area contributed by atoms with Crippen LogP contribution in [0, 0.1) is 17.5 Å². The van der Waals surface area contributed by atoms with Crippen LogP contribution in [0.15, 0.2) is 12.1 Å². The average molecular weight is 245 g/mol. The van der Waals surface area contributed by atoms with Crippen molar-refractivity contribution in [3.63, 3.8) is 0 Å². The van der Waals surface area contributed by atoms with Gasteiger partial charge in [-0.3, -0.25) is 0 Å². The minimum absolute atomic E-state index is 0.0341. The number of anilines is 1. The van der Waals surface area contributed by atoms with Gasteiger partial charge >= 0.3 is 0 Å². The van der Waals surface area contributed by atoms with E-state index in [1.807, 2.05) is 6.92 Å². The van der Waals surface area contributed by atoms with Gasteiger partial charge in [0.1, 0.15) is 0 Å². The molecule has 0 bridgehead atoms. The van der Waals surface area contributed by atoms with E-state index in [1.54, 1.807) is 0 Å². The van der Waals surface area contributed by atoms with E-state index in [1.165, 1.54) is 6.07 Å². The highest BCUT2D eigenvalue weighted by molar-refractivity contribution is 5.46. The van der Waals surface area contributed by atoms with Gasteiger partial charge in [0, 0.05) is 6.04 Å². The molecule has 1 atom stereocenters. The summed E-state index contributed by atoms with van der Waals surface area (Å²) in [6.07, 6.45) is 3.79. The molecule has 1 N–H and O–H groups in total. The van der Waals surface area contributed by atoms with Crippen LogP contribution in [0.4, 0.5) is 18.9 Å². The second-order valence-electron chi connectivity index (χ2n) is 4.11. The first kappa shape index (κ1) is 13.9. The summed E-state index contributed by atoms with van der Waals surface area (Å²) in [4.78, 5) is 0. The maximum atomic E-state index is 13.4. The first-order chi connectivity index (χ1) is 8.10. The summed E-state index contributed by atoms with van der Waals surface area (Å²) in [5.41, 5.74) is 0.0341. The minimum Gasteiger partial charge on any atom is -0.380 e. The highest BCUT2D eigenvalue weighted by Gasteiger charge is 2.15. The minimum atomic E-state index is -1.42. The summed E-state index contributed by atoms with van der Waals surface area (Å²) in [5, 5.41) is 2.92. The van der Waals surface area contributed by atoms with E-state index in [4.69, 9.17) is 0 Å². The van der Waals surface area contributed by atoms with Crippen molar-refractivity contribution >= 4 is 5.69 Å². The molecule has 0 saturated heterocycles. The molecule has 0 heterocycles. The summed E-state index contributed by atoms with van der Waals surface area (Å²) in [6, 6.07) is 2.27. The zero-order valence-corrected chi connectivity index (χ0v) is 10.2. The number of halogens is 3. The van der Waals surface area contributed by atoms with E-state index in [9.17, 15) is 13.2 Å². The van der Waals surface area contributed by atoms with Crippen molar-refractivity contribution in [3.8, 4) is 0 Å². The summed E-state index contributed by atoms with van der Waals surface area (Å²) in [6.45, 7) is 4.05. The molecule has 0 saturated carbocycles. The number of hydrogen-bond acceptors (Lipinski definition) is 1. The fourth-order valence-electron chi connectivity index (χ4n) is 1.69. The Hall–Kier alpha value is -1.19. The summed E-state index contributed by atoms with van der Waals surface area (Å²) < 4.78 is 39.2. The molecule has 0 radical (unpaired) electrons. The Bertz CT molecular complexity index is 366. The lowest BCUT2D eigenvalue weighted by molar-refractivity contribution is 0.447. The topological polar surface area (TPSA) is 12.0 Å². The third-order valence-electron chi connectivity index (χ3n) is 2.79. The molecule has 0 fully saturated rings. The quantitative estimate of drug-likeness (QED) is 0.728. The molecular weight excluding hydrogens is 227 g/mol. The van der Waals surface area contributed by atoms with Crippen molar-refractivity contribution in [2.75, 3.05) is 5.32 Å². The molecule has 1 aromatic carbocycles. The second-order valence-corrected chi connectivity index (χ2v) is 4.11. The highest BCUT2D eigenvalue weighted by Crippen LogP contribution is 2.21. The van der Waals surface area contributed by atoms with E-state index in [0.29, 0.717) is 0 Å². The normalized spacial score (nSPS) is 12.5. The Morgan fingerprint density at radius 3 is 2.41 bits per heavy atom. The molecule has 96 valence electrons. The van der Waals surface area contributed by atoms with Crippen molar-refractivity contribution in [1.29, 1.82) is 0 Å². The Morgan fingerprint density at radius 2 is 1.82 bits per heavy atom. The highest BCUT2D eigenvalue weighted by atomic mass is 19.2. The number of rotatable bonds is 6. The molecule has 0 aliphatic rings. The Morgan fingerprint density at radius 1 is 1.12 bits per heavy atom. The van der Waals surface area contributed by atoms with Gasteiger partial charge in [0.25, 0.3) is 0 Å². The first-order valence-corrected chi connectivity index (χ1v) is 6.00. The SMILES string of the molecule is CCCCC(CC)Nc1ccc(F)c(F)c1F. The van der Waals surface area contributed by atoms with Crippen LogP contribution in [-0.4, -0.2) is 6.04 Å². The molecular formula is C13H18F3N. The molecule has 0 aliphatic carbocycles. The van der Waals surface area contributed by atoms with Crippen molar-refractivity contribution in [1.82, 2.24) is 0 Å². The van der Waals surface area contributed by atoms with Crippen LogP contribution in [0.3, 0.4) is 0 Å². The molecule has 1 aromatic rings. The van der Waals surface area contributed by atoms with Gasteiger partial charge in [0.15, 0.2) is 17.5 Å². The van der Waals surface area contributed by atoms with Crippen LogP contribution >= 0.6 is 0 Å². The Labute approximate surface area is 100 Å². The average Bonchev–Trinajstić information content (AvgIpc) is 2.34. The predicted octanol–water partition coefficient (Wildman–Crippen LogP) is 4.48. The maximum Gasteiger partial charge on any atom is 0.196 e. The third kappa shape index (κ3) is 3.65. The second kappa shape index (κ2) is 6.52. The van der Waals surface area contributed by atoms with E-state index < -0.39 is 17.5 Å². The molecule has 0 aromatic heterocycles. The number of unbranched alkanes of at least 4 members (excludes halogenated alkanes) is 1. The van der Waals surface area contributed by atoms with E-state index >= 15 is 0 Å². The van der Waals surface area contributed by atoms with Gasteiger partial charge in [-0.25, -0.2) is 13.2 Å². The van der Waals surface area contributed by atoms with Crippen LogP contribution < -0.4 is 5.32 Å². The van der Waals surface area contributed by atoms with Crippen LogP contribution in [0.2, 0.25) is 0 Å². The molecule has 1 nitrogen and oxygen atoms in total. The van der Waals surface area contributed by atoms with Crippen LogP contribution in [-0.2, 0) is 0 Å². The smallest absolute Gasteiger partial charge is 0.196 e. The molecule has 0 aliphatic heterocycles. The van der Waals surface area contributed by atoms with Gasteiger partial charge in [-0.2, -0.15) is 0 Å². The standard InChI is InChI=1S/C13H18F3N/c1-3-5-6-9(4-2)17-11-8-7-10(14)12(15)13(11)16/h7-9,17H,3-6H2,1-2H3. The van der Waals surface area contributed by atoms with E-state index in [0.717, 1.165) is 31.7 Å². The largest absolute Gasteiger partial charge is 0.380 e. The van der Waals surface area contributed by atoms with Gasteiger partial charge in [-0.15, -0.1) is 0 Å². The molecule has 1 rings (SSSR count).